The quantitative estimate of drug-likeness (QED) is 0.411. The molecule has 0 atom stereocenters. The van der Waals surface area contributed by atoms with E-state index in [-0.39, 0.29) is 5.69 Å². The lowest BCUT2D eigenvalue weighted by Gasteiger charge is -2.10. The van der Waals surface area contributed by atoms with Crippen molar-refractivity contribution in [3.63, 3.8) is 0 Å². The van der Waals surface area contributed by atoms with Gasteiger partial charge in [0.25, 0.3) is 5.69 Å². The van der Waals surface area contributed by atoms with E-state index in [1.807, 2.05) is 24.3 Å². The van der Waals surface area contributed by atoms with Crippen molar-refractivity contribution >= 4 is 39.7 Å². The molecule has 21 heavy (non-hydrogen) atoms. The largest absolute Gasteiger partial charge is 0.456 e. The molecule has 4 rings (SSSR count). The Balaban J connectivity index is 2.20. The Morgan fingerprint density at radius 3 is 2.86 bits per heavy atom. The van der Waals surface area contributed by atoms with Gasteiger partial charge in [0.05, 0.1) is 11.0 Å². The Kier molecular flexibility index (Phi) is 2.29. The highest BCUT2D eigenvalue weighted by atomic mass is 16.6. The van der Waals surface area contributed by atoms with Crippen molar-refractivity contribution in [3.8, 4) is 0 Å². The van der Waals surface area contributed by atoms with Gasteiger partial charge in [-0.2, -0.15) is 0 Å². The first-order valence-corrected chi connectivity index (χ1v) is 6.54. The minimum Gasteiger partial charge on any atom is -0.456 e. The number of para-hydroxylation sites is 1. The second-order valence-corrected chi connectivity index (χ2v) is 5.00. The Morgan fingerprint density at radius 2 is 2.10 bits per heavy atom. The van der Waals surface area contributed by atoms with Crippen LogP contribution < -0.4 is 4.90 Å². The zero-order valence-corrected chi connectivity index (χ0v) is 10.9. The molecule has 1 aliphatic heterocycles. The molecule has 6 heteroatoms. The first-order valence-electron chi connectivity index (χ1n) is 6.54. The molecule has 1 amide bonds. The molecule has 2 heterocycles. The third kappa shape index (κ3) is 1.50. The van der Waals surface area contributed by atoms with E-state index in [9.17, 15) is 14.9 Å². The van der Waals surface area contributed by atoms with Gasteiger partial charge in [-0.1, -0.05) is 18.2 Å². The van der Waals surface area contributed by atoms with Gasteiger partial charge < -0.3 is 9.32 Å². The van der Waals surface area contributed by atoms with Gasteiger partial charge in [-0.05, 0) is 18.1 Å². The van der Waals surface area contributed by atoms with Crippen LogP contribution in [0.5, 0.6) is 0 Å². The van der Waals surface area contributed by atoms with Crippen molar-refractivity contribution < 1.29 is 14.1 Å². The Hall–Kier alpha value is -2.89. The molecule has 0 radical (unpaired) electrons. The normalized spacial score (nSPS) is 13.8. The standard InChI is InChI=1S/C15H10N2O4/c18-8-16-6-5-10-14-9-3-1-2-4-12(9)21-13(14)7-11(15(10)16)17(19)20/h1-4,7-8H,5-6H2. The second-order valence-electron chi connectivity index (χ2n) is 5.00. The molecule has 0 bridgehead atoms. The van der Waals surface area contributed by atoms with Crippen LogP contribution in [0.25, 0.3) is 21.9 Å². The molecule has 6 nitrogen and oxygen atoms in total. The number of furan rings is 1. The Bertz CT molecular complexity index is 913. The third-order valence-corrected chi connectivity index (χ3v) is 3.93. The van der Waals surface area contributed by atoms with Crippen LogP contribution in [0.4, 0.5) is 11.4 Å². The lowest BCUT2D eigenvalue weighted by Crippen LogP contribution is -2.18. The van der Waals surface area contributed by atoms with Crippen molar-refractivity contribution in [1.29, 1.82) is 0 Å². The molecular formula is C15H10N2O4. The summed E-state index contributed by atoms with van der Waals surface area (Å²) in [5.74, 6) is 0. The number of carbonyl (C=O) groups is 1. The summed E-state index contributed by atoms with van der Waals surface area (Å²) in [5, 5.41) is 13.1. The first-order chi connectivity index (χ1) is 10.2. The Morgan fingerprint density at radius 1 is 1.29 bits per heavy atom. The molecule has 104 valence electrons. The van der Waals surface area contributed by atoms with Crippen LogP contribution in [0.2, 0.25) is 0 Å². The van der Waals surface area contributed by atoms with E-state index in [0.29, 0.717) is 36.2 Å². The number of amides is 1. The van der Waals surface area contributed by atoms with Crippen LogP contribution >= 0.6 is 0 Å². The maximum atomic E-state index is 11.3. The van der Waals surface area contributed by atoms with E-state index in [1.54, 1.807) is 0 Å². The monoisotopic (exact) mass is 282 g/mol. The first kappa shape index (κ1) is 11.9. The average molecular weight is 282 g/mol. The van der Waals surface area contributed by atoms with Gasteiger partial charge in [-0.3, -0.25) is 14.9 Å². The number of nitrogens with zero attached hydrogens (tertiary/aromatic N) is 2. The van der Waals surface area contributed by atoms with E-state index in [2.05, 4.69) is 0 Å². The fourth-order valence-electron chi connectivity index (χ4n) is 3.10. The second kappa shape index (κ2) is 4.05. The van der Waals surface area contributed by atoms with Crippen LogP contribution in [0.1, 0.15) is 5.56 Å². The van der Waals surface area contributed by atoms with Gasteiger partial charge >= 0.3 is 0 Å². The maximum absolute atomic E-state index is 11.3. The SMILES string of the molecule is O=CN1CCc2c1c([N+](=O)[O-])cc1oc3ccccc3c21. The Labute approximate surface area is 118 Å². The smallest absolute Gasteiger partial charge is 0.297 e. The van der Waals surface area contributed by atoms with Crippen LogP contribution in [-0.2, 0) is 11.2 Å². The number of fused-ring (bicyclic) bond motifs is 5. The molecule has 0 spiro atoms. The molecule has 0 N–H and O–H groups in total. The lowest BCUT2D eigenvalue weighted by atomic mass is 10.0. The summed E-state index contributed by atoms with van der Waals surface area (Å²) in [6, 6.07) is 8.93. The number of hydrogen-bond acceptors (Lipinski definition) is 4. The number of nitro groups is 1. The minimum atomic E-state index is -0.465. The van der Waals surface area contributed by atoms with E-state index < -0.39 is 4.92 Å². The van der Waals surface area contributed by atoms with E-state index >= 15 is 0 Å². The topological polar surface area (TPSA) is 76.6 Å². The predicted octanol–water partition coefficient (Wildman–Crippen LogP) is 3.01. The van der Waals surface area contributed by atoms with Gasteiger partial charge in [0.15, 0.2) is 0 Å². The van der Waals surface area contributed by atoms with Gasteiger partial charge in [-0.15, -0.1) is 0 Å². The fourth-order valence-corrected chi connectivity index (χ4v) is 3.10. The molecule has 1 aromatic heterocycles. The number of carbonyl (C=O) groups excluding carboxylic acids is 1. The summed E-state index contributed by atoms with van der Waals surface area (Å²) in [4.78, 5) is 23.4. The summed E-state index contributed by atoms with van der Waals surface area (Å²) >= 11 is 0. The number of nitro benzene ring substituents is 1. The maximum Gasteiger partial charge on any atom is 0.297 e. The summed E-state index contributed by atoms with van der Waals surface area (Å²) < 4.78 is 5.73. The molecule has 3 aromatic rings. The molecule has 0 unspecified atom stereocenters. The predicted molar refractivity (Wildman–Crippen MR) is 77.5 cm³/mol. The van der Waals surface area contributed by atoms with Crippen molar-refractivity contribution in [2.75, 3.05) is 11.4 Å². The molecule has 0 saturated carbocycles. The zero-order chi connectivity index (χ0) is 14.6. The van der Waals surface area contributed by atoms with Crippen molar-refractivity contribution in [2.24, 2.45) is 0 Å². The average Bonchev–Trinajstić information content (AvgIpc) is 3.06. The number of benzene rings is 2. The van der Waals surface area contributed by atoms with Gasteiger partial charge in [-0.25, -0.2) is 0 Å². The minimum absolute atomic E-state index is 0.0823. The van der Waals surface area contributed by atoms with E-state index in [4.69, 9.17) is 4.42 Å². The summed E-state index contributed by atoms with van der Waals surface area (Å²) in [7, 11) is 0. The highest BCUT2D eigenvalue weighted by Crippen LogP contribution is 2.44. The van der Waals surface area contributed by atoms with E-state index in [1.165, 1.54) is 11.0 Å². The molecular weight excluding hydrogens is 272 g/mol. The van der Waals surface area contributed by atoms with Crippen LogP contribution in [0.15, 0.2) is 34.7 Å². The highest BCUT2D eigenvalue weighted by molar-refractivity contribution is 6.11. The van der Waals surface area contributed by atoms with Gasteiger partial charge in [0.2, 0.25) is 6.41 Å². The van der Waals surface area contributed by atoms with Gasteiger partial charge in [0.1, 0.15) is 16.9 Å². The lowest BCUT2D eigenvalue weighted by molar-refractivity contribution is -0.384. The van der Waals surface area contributed by atoms with Gasteiger partial charge in [0, 0.05) is 17.3 Å². The number of anilines is 1. The molecule has 2 aromatic carbocycles. The molecule has 1 aliphatic rings. The van der Waals surface area contributed by atoms with Crippen molar-refractivity contribution in [3.05, 3.63) is 46.0 Å². The van der Waals surface area contributed by atoms with Crippen LogP contribution in [-0.4, -0.2) is 17.9 Å². The molecule has 0 aliphatic carbocycles. The molecule has 0 fully saturated rings. The highest BCUT2D eigenvalue weighted by Gasteiger charge is 2.32. The van der Waals surface area contributed by atoms with Crippen LogP contribution in [0, 0.1) is 10.1 Å². The van der Waals surface area contributed by atoms with Crippen molar-refractivity contribution in [1.82, 2.24) is 0 Å². The number of rotatable bonds is 2. The summed E-state index contributed by atoms with van der Waals surface area (Å²) in [5.41, 5.74) is 2.32. The van der Waals surface area contributed by atoms with E-state index in [0.717, 1.165) is 16.3 Å². The van der Waals surface area contributed by atoms with Crippen molar-refractivity contribution in [2.45, 2.75) is 6.42 Å². The summed E-state index contributed by atoms with van der Waals surface area (Å²) in [6.07, 6.45) is 1.24. The third-order valence-electron chi connectivity index (χ3n) is 3.93. The zero-order valence-electron chi connectivity index (χ0n) is 10.9. The number of hydrogen-bond donors (Lipinski definition) is 0. The summed E-state index contributed by atoms with van der Waals surface area (Å²) in [6.45, 7) is 0.457. The molecule has 0 saturated heterocycles. The fraction of sp³-hybridized carbons (Fsp3) is 0.133. The van der Waals surface area contributed by atoms with Crippen LogP contribution in [0.3, 0.4) is 0 Å².